The summed E-state index contributed by atoms with van der Waals surface area (Å²) in [7, 11) is 0. The highest BCUT2D eigenvalue weighted by atomic mass is 19.1. The summed E-state index contributed by atoms with van der Waals surface area (Å²) in [6.07, 6.45) is 4.72. The first-order valence-electron chi connectivity index (χ1n) is 6.95. The van der Waals surface area contributed by atoms with Gasteiger partial charge in [0.2, 0.25) is 0 Å². The van der Waals surface area contributed by atoms with Crippen LogP contribution in [-0.2, 0) is 6.42 Å². The Morgan fingerprint density at radius 1 is 1.44 bits per heavy atom. The van der Waals surface area contributed by atoms with E-state index in [4.69, 9.17) is 0 Å². The average Bonchev–Trinajstić information content (AvgIpc) is 2.57. The molecule has 0 aliphatic heterocycles. The lowest BCUT2D eigenvalue weighted by molar-refractivity contribution is 0.354. The third-order valence-electron chi connectivity index (χ3n) is 3.92. The van der Waals surface area contributed by atoms with Gasteiger partial charge in [-0.1, -0.05) is 26.0 Å². The quantitative estimate of drug-likeness (QED) is 0.852. The van der Waals surface area contributed by atoms with Crippen LogP contribution in [0.25, 0.3) is 0 Å². The molecule has 0 amide bonds. The van der Waals surface area contributed by atoms with Gasteiger partial charge < -0.3 is 5.32 Å². The van der Waals surface area contributed by atoms with E-state index in [9.17, 15) is 4.39 Å². The zero-order valence-corrected chi connectivity index (χ0v) is 11.7. The van der Waals surface area contributed by atoms with Crippen molar-refractivity contribution in [1.82, 2.24) is 5.32 Å². The summed E-state index contributed by atoms with van der Waals surface area (Å²) >= 11 is 0. The van der Waals surface area contributed by atoms with E-state index in [1.807, 2.05) is 6.07 Å². The molecule has 2 unspecified atom stereocenters. The highest BCUT2D eigenvalue weighted by Crippen LogP contribution is 2.37. The van der Waals surface area contributed by atoms with Crippen LogP contribution in [0.2, 0.25) is 0 Å². The maximum atomic E-state index is 13.1. The number of hydrogen-bond acceptors (Lipinski definition) is 1. The molecule has 0 radical (unpaired) electrons. The van der Waals surface area contributed by atoms with Crippen LogP contribution in [0.15, 0.2) is 24.3 Å². The fraction of sp³-hybridized carbons (Fsp3) is 0.625. The van der Waals surface area contributed by atoms with E-state index >= 15 is 0 Å². The number of nitrogens with one attached hydrogen (secondary N) is 1. The zero-order chi connectivity index (χ0) is 13.2. The van der Waals surface area contributed by atoms with Gasteiger partial charge in [0.1, 0.15) is 5.82 Å². The molecule has 1 fully saturated rings. The highest BCUT2D eigenvalue weighted by molar-refractivity contribution is 5.17. The monoisotopic (exact) mass is 249 g/mol. The molecule has 1 saturated carbocycles. The van der Waals surface area contributed by atoms with Crippen LogP contribution in [0.3, 0.4) is 0 Å². The van der Waals surface area contributed by atoms with Crippen molar-refractivity contribution in [3.8, 4) is 0 Å². The fourth-order valence-corrected chi connectivity index (χ4v) is 3.06. The summed E-state index contributed by atoms with van der Waals surface area (Å²) in [5.41, 5.74) is 1.56. The maximum absolute atomic E-state index is 13.1. The lowest BCUT2D eigenvalue weighted by atomic mass is 9.91. The van der Waals surface area contributed by atoms with Crippen molar-refractivity contribution in [3.63, 3.8) is 0 Å². The summed E-state index contributed by atoms with van der Waals surface area (Å²) in [4.78, 5) is 0. The molecule has 0 spiro atoms. The van der Waals surface area contributed by atoms with E-state index in [0.29, 0.717) is 17.5 Å². The van der Waals surface area contributed by atoms with E-state index in [1.165, 1.54) is 25.3 Å². The van der Waals surface area contributed by atoms with Crippen LogP contribution in [0.4, 0.5) is 4.39 Å². The van der Waals surface area contributed by atoms with Crippen LogP contribution in [0.5, 0.6) is 0 Å². The lowest BCUT2D eigenvalue weighted by Crippen LogP contribution is -2.36. The number of hydrogen-bond donors (Lipinski definition) is 1. The van der Waals surface area contributed by atoms with E-state index in [0.717, 1.165) is 12.0 Å². The van der Waals surface area contributed by atoms with Gasteiger partial charge in [0.05, 0.1) is 0 Å². The molecule has 1 aliphatic rings. The number of halogens is 1. The highest BCUT2D eigenvalue weighted by Gasteiger charge is 2.31. The number of benzene rings is 1. The van der Waals surface area contributed by atoms with Crippen LogP contribution < -0.4 is 5.32 Å². The molecule has 100 valence electrons. The third-order valence-corrected chi connectivity index (χ3v) is 3.92. The molecule has 1 aromatic rings. The number of rotatable bonds is 4. The summed E-state index contributed by atoms with van der Waals surface area (Å²) in [6.45, 7) is 6.87. The Hall–Kier alpha value is -0.890. The molecule has 18 heavy (non-hydrogen) atoms. The predicted molar refractivity (Wildman–Crippen MR) is 74.1 cm³/mol. The molecule has 2 heteroatoms. The maximum Gasteiger partial charge on any atom is 0.123 e. The Labute approximate surface area is 110 Å². The minimum atomic E-state index is -0.137. The molecule has 2 atom stereocenters. The summed E-state index contributed by atoms with van der Waals surface area (Å²) in [5, 5.41) is 3.68. The van der Waals surface area contributed by atoms with Crippen molar-refractivity contribution in [1.29, 1.82) is 0 Å². The summed E-state index contributed by atoms with van der Waals surface area (Å²) in [5.74, 6) is -0.137. The Bertz CT molecular complexity index is 400. The van der Waals surface area contributed by atoms with Crippen LogP contribution in [0, 0.1) is 11.2 Å². The first-order chi connectivity index (χ1) is 8.44. The molecule has 1 aromatic carbocycles. The Morgan fingerprint density at radius 3 is 2.83 bits per heavy atom. The van der Waals surface area contributed by atoms with Crippen LogP contribution in [0.1, 0.15) is 45.6 Å². The molecule has 1 aliphatic carbocycles. The van der Waals surface area contributed by atoms with Crippen LogP contribution >= 0.6 is 0 Å². The minimum Gasteiger partial charge on any atom is -0.311 e. The van der Waals surface area contributed by atoms with E-state index in [-0.39, 0.29) is 5.82 Å². The van der Waals surface area contributed by atoms with Gasteiger partial charge in [0, 0.05) is 12.1 Å². The molecule has 0 bridgehead atoms. The molecule has 0 saturated heterocycles. The molecular formula is C16H24FN. The van der Waals surface area contributed by atoms with Gasteiger partial charge in [-0.2, -0.15) is 0 Å². The topological polar surface area (TPSA) is 12.0 Å². The zero-order valence-electron chi connectivity index (χ0n) is 11.7. The second-order valence-corrected chi connectivity index (χ2v) is 6.51. The third kappa shape index (κ3) is 3.81. The lowest BCUT2D eigenvalue weighted by Gasteiger charge is -2.21. The Kier molecular flexibility index (Phi) is 4.06. The molecule has 0 heterocycles. The molecule has 0 aromatic heterocycles. The average molecular weight is 249 g/mol. The van der Waals surface area contributed by atoms with E-state index < -0.39 is 0 Å². The van der Waals surface area contributed by atoms with Gasteiger partial charge >= 0.3 is 0 Å². The standard InChI is InChI=1S/C16H24FN/c1-12(9-13-5-4-6-14(17)10-13)18-15-7-8-16(2,3)11-15/h4-6,10,12,15,18H,7-9,11H2,1-3H3. The predicted octanol–water partition coefficient (Wildman–Crippen LogP) is 3.93. The van der Waals surface area contributed by atoms with Gasteiger partial charge in [-0.25, -0.2) is 4.39 Å². The van der Waals surface area contributed by atoms with Crippen molar-refractivity contribution in [2.24, 2.45) is 5.41 Å². The smallest absolute Gasteiger partial charge is 0.123 e. The first-order valence-corrected chi connectivity index (χ1v) is 6.95. The molecular weight excluding hydrogens is 225 g/mol. The van der Waals surface area contributed by atoms with Gasteiger partial charge in [-0.3, -0.25) is 0 Å². The molecule has 1 N–H and O–H groups in total. The normalized spacial score (nSPS) is 24.1. The van der Waals surface area contributed by atoms with Gasteiger partial charge in [0.15, 0.2) is 0 Å². The summed E-state index contributed by atoms with van der Waals surface area (Å²) in [6, 6.07) is 7.96. The van der Waals surface area contributed by atoms with E-state index in [1.54, 1.807) is 12.1 Å². The Balaban J connectivity index is 1.84. The fourth-order valence-electron chi connectivity index (χ4n) is 3.06. The van der Waals surface area contributed by atoms with Crippen molar-refractivity contribution < 1.29 is 4.39 Å². The van der Waals surface area contributed by atoms with Crippen molar-refractivity contribution in [2.45, 2.75) is 58.5 Å². The van der Waals surface area contributed by atoms with Crippen molar-refractivity contribution in [2.75, 3.05) is 0 Å². The van der Waals surface area contributed by atoms with Gasteiger partial charge in [-0.15, -0.1) is 0 Å². The van der Waals surface area contributed by atoms with Gasteiger partial charge in [-0.05, 0) is 55.7 Å². The largest absolute Gasteiger partial charge is 0.311 e. The second kappa shape index (κ2) is 5.40. The minimum absolute atomic E-state index is 0.137. The van der Waals surface area contributed by atoms with Crippen molar-refractivity contribution >= 4 is 0 Å². The summed E-state index contributed by atoms with van der Waals surface area (Å²) < 4.78 is 13.1. The Morgan fingerprint density at radius 2 is 2.22 bits per heavy atom. The van der Waals surface area contributed by atoms with Crippen molar-refractivity contribution in [3.05, 3.63) is 35.6 Å². The van der Waals surface area contributed by atoms with Gasteiger partial charge in [0.25, 0.3) is 0 Å². The molecule has 1 nitrogen and oxygen atoms in total. The van der Waals surface area contributed by atoms with Crippen LogP contribution in [-0.4, -0.2) is 12.1 Å². The molecule has 2 rings (SSSR count). The van der Waals surface area contributed by atoms with E-state index in [2.05, 4.69) is 26.1 Å². The first kappa shape index (κ1) is 13.5. The SMILES string of the molecule is CC(Cc1cccc(F)c1)NC1CCC(C)(C)C1. The second-order valence-electron chi connectivity index (χ2n) is 6.51.